The molecule has 1 aromatic heterocycles. The van der Waals surface area contributed by atoms with Gasteiger partial charge in [0.1, 0.15) is 0 Å². The van der Waals surface area contributed by atoms with Crippen molar-refractivity contribution >= 4 is 28.2 Å². The van der Waals surface area contributed by atoms with Crippen LogP contribution < -0.4 is 5.32 Å². The van der Waals surface area contributed by atoms with Gasteiger partial charge in [-0.15, -0.1) is 0 Å². The van der Waals surface area contributed by atoms with Gasteiger partial charge in [0.15, 0.2) is 0 Å². The predicted molar refractivity (Wildman–Crippen MR) is 88.4 cm³/mol. The number of aromatic nitrogens is 1. The standard InChI is InChI=1S/C18H18N2O2/c1-20-10-9-14-12-16(7-8-17(14)20)19-15-5-3-13(4-6-15)11-18(21)22-2/h3-10,12,19H,11H2,1-2H3. The molecule has 112 valence electrons. The van der Waals surface area contributed by atoms with E-state index in [2.05, 4.69) is 45.1 Å². The predicted octanol–water partition coefficient (Wildman–Crippen LogP) is 3.64. The molecule has 4 nitrogen and oxygen atoms in total. The number of hydrogen-bond acceptors (Lipinski definition) is 3. The number of rotatable bonds is 4. The summed E-state index contributed by atoms with van der Waals surface area (Å²) in [7, 11) is 3.44. The van der Waals surface area contributed by atoms with Gasteiger partial charge in [-0.25, -0.2) is 0 Å². The van der Waals surface area contributed by atoms with Gasteiger partial charge in [-0.2, -0.15) is 0 Å². The topological polar surface area (TPSA) is 43.3 Å². The SMILES string of the molecule is COC(=O)Cc1ccc(Nc2ccc3c(ccn3C)c2)cc1. The quantitative estimate of drug-likeness (QED) is 0.747. The van der Waals surface area contributed by atoms with Crippen molar-refractivity contribution in [2.75, 3.05) is 12.4 Å². The number of benzene rings is 2. The Morgan fingerprint density at radius 3 is 2.55 bits per heavy atom. The zero-order valence-corrected chi connectivity index (χ0v) is 12.7. The van der Waals surface area contributed by atoms with Gasteiger partial charge in [-0.1, -0.05) is 12.1 Å². The first kappa shape index (κ1) is 14.2. The highest BCUT2D eigenvalue weighted by Crippen LogP contribution is 2.23. The maximum Gasteiger partial charge on any atom is 0.309 e. The Balaban J connectivity index is 1.75. The van der Waals surface area contributed by atoms with Gasteiger partial charge in [-0.05, 0) is 42.0 Å². The van der Waals surface area contributed by atoms with Gasteiger partial charge in [-0.3, -0.25) is 4.79 Å². The molecule has 0 amide bonds. The average Bonchev–Trinajstić information content (AvgIpc) is 2.90. The van der Waals surface area contributed by atoms with Crippen LogP contribution in [-0.2, 0) is 23.0 Å². The number of nitrogens with one attached hydrogen (secondary N) is 1. The number of nitrogens with zero attached hydrogens (tertiary/aromatic N) is 1. The second-order valence-electron chi connectivity index (χ2n) is 5.28. The first-order valence-corrected chi connectivity index (χ1v) is 7.13. The lowest BCUT2D eigenvalue weighted by Gasteiger charge is -2.08. The summed E-state index contributed by atoms with van der Waals surface area (Å²) in [6.45, 7) is 0. The third-order valence-electron chi connectivity index (χ3n) is 3.70. The largest absolute Gasteiger partial charge is 0.469 e. The minimum atomic E-state index is -0.227. The Kier molecular flexibility index (Phi) is 3.83. The highest BCUT2D eigenvalue weighted by atomic mass is 16.5. The second-order valence-corrected chi connectivity index (χ2v) is 5.28. The van der Waals surface area contributed by atoms with Crippen LogP contribution in [0, 0.1) is 0 Å². The number of methoxy groups -OCH3 is 1. The molecular formula is C18H18N2O2. The fourth-order valence-corrected chi connectivity index (χ4v) is 2.47. The summed E-state index contributed by atoms with van der Waals surface area (Å²) in [5.41, 5.74) is 4.18. The van der Waals surface area contributed by atoms with Crippen LogP contribution in [0.1, 0.15) is 5.56 Å². The van der Waals surface area contributed by atoms with Crippen LogP contribution in [0.5, 0.6) is 0 Å². The third-order valence-corrected chi connectivity index (χ3v) is 3.70. The van der Waals surface area contributed by atoms with Crippen molar-refractivity contribution in [1.29, 1.82) is 0 Å². The van der Waals surface area contributed by atoms with Crippen molar-refractivity contribution in [1.82, 2.24) is 4.57 Å². The Morgan fingerprint density at radius 1 is 1.09 bits per heavy atom. The van der Waals surface area contributed by atoms with Crippen LogP contribution in [0.15, 0.2) is 54.7 Å². The van der Waals surface area contributed by atoms with E-state index < -0.39 is 0 Å². The van der Waals surface area contributed by atoms with Gasteiger partial charge in [0, 0.05) is 35.5 Å². The van der Waals surface area contributed by atoms with E-state index in [1.165, 1.54) is 18.0 Å². The molecule has 0 radical (unpaired) electrons. The normalized spacial score (nSPS) is 10.6. The smallest absolute Gasteiger partial charge is 0.309 e. The lowest BCUT2D eigenvalue weighted by atomic mass is 10.1. The Labute approximate surface area is 129 Å². The molecule has 0 bridgehead atoms. The van der Waals surface area contributed by atoms with Crippen LogP contribution >= 0.6 is 0 Å². The number of anilines is 2. The minimum Gasteiger partial charge on any atom is -0.469 e. The van der Waals surface area contributed by atoms with Gasteiger partial charge >= 0.3 is 5.97 Å². The summed E-state index contributed by atoms with van der Waals surface area (Å²) in [6, 6.07) is 16.2. The molecule has 22 heavy (non-hydrogen) atoms. The Morgan fingerprint density at radius 2 is 1.82 bits per heavy atom. The summed E-state index contributed by atoms with van der Waals surface area (Å²) in [6.07, 6.45) is 2.35. The van der Waals surface area contributed by atoms with E-state index in [-0.39, 0.29) is 5.97 Å². The molecule has 0 saturated carbocycles. The van der Waals surface area contributed by atoms with Crippen LogP contribution in [0.2, 0.25) is 0 Å². The molecule has 3 aromatic rings. The van der Waals surface area contributed by atoms with E-state index in [1.807, 2.05) is 31.3 Å². The van der Waals surface area contributed by atoms with Crippen molar-refractivity contribution < 1.29 is 9.53 Å². The highest BCUT2D eigenvalue weighted by Gasteiger charge is 2.03. The van der Waals surface area contributed by atoms with Crippen molar-refractivity contribution in [2.24, 2.45) is 7.05 Å². The molecule has 4 heteroatoms. The van der Waals surface area contributed by atoms with Crippen molar-refractivity contribution in [3.05, 3.63) is 60.3 Å². The van der Waals surface area contributed by atoms with Crippen molar-refractivity contribution in [2.45, 2.75) is 6.42 Å². The molecule has 0 atom stereocenters. The molecule has 1 N–H and O–H groups in total. The molecule has 0 aliphatic rings. The van der Waals surface area contributed by atoms with E-state index in [9.17, 15) is 4.79 Å². The van der Waals surface area contributed by atoms with Gasteiger partial charge < -0.3 is 14.6 Å². The molecule has 0 spiro atoms. The maximum atomic E-state index is 11.2. The summed E-state index contributed by atoms with van der Waals surface area (Å²) < 4.78 is 6.76. The molecule has 0 aliphatic carbocycles. The molecule has 0 aliphatic heterocycles. The number of carbonyl (C=O) groups excluding carboxylic acids is 1. The lowest BCUT2D eigenvalue weighted by molar-refractivity contribution is -0.139. The van der Waals surface area contributed by atoms with Gasteiger partial charge in [0.05, 0.1) is 13.5 Å². The summed E-state index contributed by atoms with van der Waals surface area (Å²) in [5.74, 6) is -0.227. The molecule has 0 unspecified atom stereocenters. The van der Waals surface area contributed by atoms with Gasteiger partial charge in [0.2, 0.25) is 0 Å². The molecule has 0 fully saturated rings. The lowest BCUT2D eigenvalue weighted by Crippen LogP contribution is -2.04. The van der Waals surface area contributed by atoms with Crippen LogP contribution in [0.25, 0.3) is 10.9 Å². The zero-order chi connectivity index (χ0) is 15.5. The monoisotopic (exact) mass is 294 g/mol. The molecule has 2 aromatic carbocycles. The number of aryl methyl sites for hydroxylation is 1. The zero-order valence-electron chi connectivity index (χ0n) is 12.7. The van der Waals surface area contributed by atoms with Crippen LogP contribution in [0.3, 0.4) is 0 Å². The third kappa shape index (κ3) is 2.96. The number of fused-ring (bicyclic) bond motifs is 1. The first-order valence-electron chi connectivity index (χ1n) is 7.13. The van der Waals surface area contributed by atoms with E-state index in [0.717, 1.165) is 16.9 Å². The van der Waals surface area contributed by atoms with E-state index in [0.29, 0.717) is 6.42 Å². The summed E-state index contributed by atoms with van der Waals surface area (Å²) in [5, 5.41) is 4.58. The highest BCUT2D eigenvalue weighted by molar-refractivity contribution is 5.84. The molecule has 3 rings (SSSR count). The average molecular weight is 294 g/mol. The van der Waals surface area contributed by atoms with E-state index in [1.54, 1.807) is 0 Å². The maximum absolute atomic E-state index is 11.2. The van der Waals surface area contributed by atoms with Crippen LogP contribution in [-0.4, -0.2) is 17.6 Å². The Bertz CT molecular complexity index is 804. The minimum absolute atomic E-state index is 0.227. The van der Waals surface area contributed by atoms with Crippen molar-refractivity contribution in [3.63, 3.8) is 0 Å². The summed E-state index contributed by atoms with van der Waals surface area (Å²) >= 11 is 0. The van der Waals surface area contributed by atoms with Crippen molar-refractivity contribution in [3.8, 4) is 0 Å². The Hall–Kier alpha value is -2.75. The second kappa shape index (κ2) is 5.93. The fourth-order valence-electron chi connectivity index (χ4n) is 2.47. The number of hydrogen-bond donors (Lipinski definition) is 1. The van der Waals surface area contributed by atoms with E-state index >= 15 is 0 Å². The van der Waals surface area contributed by atoms with E-state index in [4.69, 9.17) is 0 Å². The molecule has 0 saturated heterocycles. The number of ether oxygens (including phenoxy) is 1. The van der Waals surface area contributed by atoms with Gasteiger partial charge in [0.25, 0.3) is 0 Å². The fraction of sp³-hybridized carbons (Fsp3) is 0.167. The number of carbonyl (C=O) groups is 1. The first-order chi connectivity index (χ1) is 10.7. The summed E-state index contributed by atoms with van der Waals surface area (Å²) in [4.78, 5) is 11.2. The molecular weight excluding hydrogens is 276 g/mol. The van der Waals surface area contributed by atoms with Crippen LogP contribution in [0.4, 0.5) is 11.4 Å². The number of esters is 1. The molecule has 1 heterocycles.